The molecule has 0 unspecified atom stereocenters. The number of thiazole rings is 2. The molecule has 0 aliphatic carbocycles. The number of anilines is 6. The van der Waals surface area contributed by atoms with Gasteiger partial charge >= 0.3 is 47.5 Å². The first-order chi connectivity index (χ1) is 38.2. The Morgan fingerprint density at radius 1 is 0.585 bits per heavy atom. The van der Waals surface area contributed by atoms with E-state index in [9.17, 15) is 55.1 Å². The molecule has 0 saturated carbocycles. The number of benzene rings is 6. The second kappa shape index (κ2) is 33.1. The predicted octanol–water partition coefficient (Wildman–Crippen LogP) is 9.80. The number of aromatic carboxylic acids is 1. The topological polar surface area (TPSA) is 285 Å². The van der Waals surface area contributed by atoms with E-state index >= 15 is 0 Å². The SMILES string of the molecule is CCOC(=O)c1ccc(N=C=S)cc1.CCOC(=O)c1ccc(Nc2nc(N)c(C(=O)c3c(F)cccc3F)s2)cc1.Nc1nc(Nc2ccc(C(=O)O)cc2)sc1C(=O)c1c(F)cccc1F.O=C(CBr)c1c(F)cccc1F.[Na+].[OH-]. The molecular formula is C54H41BrF6N7NaO10S3. The summed E-state index contributed by atoms with van der Waals surface area (Å²) in [5, 5.41) is 17.3. The third-order valence-electron chi connectivity index (χ3n) is 10.0. The summed E-state index contributed by atoms with van der Waals surface area (Å²) < 4.78 is 90.6. The van der Waals surface area contributed by atoms with Crippen molar-refractivity contribution in [1.29, 1.82) is 0 Å². The van der Waals surface area contributed by atoms with Crippen LogP contribution in [0.3, 0.4) is 0 Å². The van der Waals surface area contributed by atoms with Crippen LogP contribution in [-0.2, 0) is 9.47 Å². The van der Waals surface area contributed by atoms with E-state index in [0.29, 0.717) is 34.8 Å². The fourth-order valence-electron chi connectivity index (χ4n) is 6.37. The Kier molecular flexibility index (Phi) is 27.5. The van der Waals surface area contributed by atoms with Gasteiger partial charge < -0.3 is 42.2 Å². The number of esters is 2. The Labute approximate surface area is 506 Å². The number of isothiocyanates is 1. The first-order valence-corrected chi connectivity index (χ1v) is 25.9. The van der Waals surface area contributed by atoms with Gasteiger partial charge in [-0.1, -0.05) is 56.8 Å². The smallest absolute Gasteiger partial charge is 0.870 e. The summed E-state index contributed by atoms with van der Waals surface area (Å²) in [6, 6.07) is 28.5. The number of nitrogens with one attached hydrogen (secondary N) is 2. The summed E-state index contributed by atoms with van der Waals surface area (Å²) in [5.41, 5.74) is 12.4. The Balaban J connectivity index is 0.000000301. The monoisotopic (exact) mass is 1260 g/mol. The number of alkyl halides is 1. The average molecular weight is 1260 g/mol. The van der Waals surface area contributed by atoms with Gasteiger partial charge in [0, 0.05) is 11.4 Å². The number of ketones is 3. The number of aliphatic imine (C=N–C) groups is 1. The van der Waals surface area contributed by atoms with E-state index < -0.39 is 80.9 Å². The molecule has 0 radical (unpaired) electrons. The molecule has 2 aromatic heterocycles. The summed E-state index contributed by atoms with van der Waals surface area (Å²) in [5.74, 6) is -10.0. The normalized spacial score (nSPS) is 9.91. The number of rotatable bonds is 16. The second-order valence-electron chi connectivity index (χ2n) is 15.4. The average Bonchev–Trinajstić information content (AvgIpc) is 4.15. The standard InChI is InChI=1S/C19H15F2N3O3S.C17H11F2N3O3S.C10H9NO2S.C8H5BrF2O.Na.H2O/c1-2-27-18(26)10-6-8-11(9-7-10)23-19-24-17(22)16(28-19)15(25)14-12(20)4-3-5-13(14)21;18-10-2-1-3-11(19)12(10)13(23)14-15(20)22-17(26-14)21-9-6-4-8(5-7-9)16(24)25;1-2-13-10(12)8-3-5-9(6-4-8)11-7-14;9-4-7(12)8-5(10)2-1-3-6(8)11;;/h3-9H,2,22H2,1H3,(H,23,24);1-7H,20H2,(H,21,22)(H,24,25);3-6H,2H2,1H3;1-3H,4H2;;1H2/q;;;;+1;/p-1. The van der Waals surface area contributed by atoms with Crippen molar-refractivity contribution >= 4 is 130 Å². The van der Waals surface area contributed by atoms with Crippen molar-refractivity contribution in [3.05, 3.63) is 205 Å². The summed E-state index contributed by atoms with van der Waals surface area (Å²) in [6.07, 6.45) is 0. The van der Waals surface area contributed by atoms with Gasteiger partial charge in [-0.15, -0.1) is 0 Å². The maximum atomic E-state index is 13.9. The number of nitrogen functional groups attached to an aromatic ring is 2. The van der Waals surface area contributed by atoms with Crippen LogP contribution in [0, 0.1) is 34.9 Å². The summed E-state index contributed by atoms with van der Waals surface area (Å²) in [6.45, 7) is 4.13. The molecule has 8 N–H and O–H groups in total. The van der Waals surface area contributed by atoms with E-state index in [1.165, 1.54) is 36.4 Å². The molecule has 17 nitrogen and oxygen atoms in total. The molecule has 82 heavy (non-hydrogen) atoms. The molecule has 2 heterocycles. The van der Waals surface area contributed by atoms with E-state index in [4.69, 9.17) is 26.0 Å². The second-order valence-corrected chi connectivity index (χ2v) is 18.1. The van der Waals surface area contributed by atoms with Crippen LogP contribution in [-0.4, -0.2) is 79.5 Å². The predicted molar refractivity (Wildman–Crippen MR) is 299 cm³/mol. The number of aromatic nitrogens is 2. The molecule has 0 aliphatic rings. The fourth-order valence-corrected chi connectivity index (χ4v) is 8.46. The molecular weight excluding hydrogens is 1220 g/mol. The number of Topliss-reactive ketones (excluding diaryl/α,β-unsaturated/α-hetero) is 1. The van der Waals surface area contributed by atoms with Gasteiger partial charge in [-0.25, -0.2) is 50.7 Å². The van der Waals surface area contributed by atoms with Crippen LogP contribution in [0.25, 0.3) is 0 Å². The summed E-state index contributed by atoms with van der Waals surface area (Å²) >= 11 is 9.00. The number of nitrogens with zero attached hydrogens (tertiary/aromatic N) is 3. The summed E-state index contributed by atoms with van der Waals surface area (Å²) in [4.78, 5) is 81.1. The molecule has 8 rings (SSSR count). The molecule has 28 heteroatoms. The third-order valence-corrected chi connectivity index (χ3v) is 12.6. The maximum Gasteiger partial charge on any atom is 1.00 e. The van der Waals surface area contributed by atoms with Gasteiger partial charge in [-0.05, 0) is 135 Å². The number of hydrogen-bond acceptors (Lipinski definition) is 19. The number of thiocarbonyl (C=S) groups is 1. The van der Waals surface area contributed by atoms with Gasteiger partial charge in [-0.2, -0.15) is 4.99 Å². The number of carboxylic acids is 1. The van der Waals surface area contributed by atoms with Crippen molar-refractivity contribution in [2.45, 2.75) is 13.8 Å². The molecule has 6 aromatic carbocycles. The van der Waals surface area contributed by atoms with Crippen molar-refractivity contribution < 1.29 is 105 Å². The van der Waals surface area contributed by atoms with Crippen molar-refractivity contribution in [2.24, 2.45) is 4.99 Å². The number of ether oxygens (including phenoxy) is 2. The number of carbonyl (C=O) groups is 6. The minimum absolute atomic E-state index is 0. The molecule has 0 atom stereocenters. The van der Waals surface area contributed by atoms with Gasteiger partial charge in [0.15, 0.2) is 16.0 Å². The fraction of sp³-hybridized carbons (Fsp3) is 0.0926. The molecule has 0 bridgehead atoms. The first kappa shape index (κ1) is 68.3. The van der Waals surface area contributed by atoms with E-state index in [1.807, 2.05) is 0 Å². The Morgan fingerprint density at radius 3 is 1.23 bits per heavy atom. The molecule has 8 aromatic rings. The zero-order valence-electron chi connectivity index (χ0n) is 42.8. The van der Waals surface area contributed by atoms with Crippen LogP contribution in [0.15, 0.2) is 132 Å². The largest absolute Gasteiger partial charge is 1.00 e. The third kappa shape index (κ3) is 18.8. The number of halogens is 7. The van der Waals surface area contributed by atoms with Crippen LogP contribution in [0.2, 0.25) is 0 Å². The van der Waals surface area contributed by atoms with Crippen LogP contribution < -0.4 is 51.7 Å². The van der Waals surface area contributed by atoms with Gasteiger partial charge in [0.25, 0.3) is 0 Å². The van der Waals surface area contributed by atoms with Crippen LogP contribution in [0.4, 0.5) is 65.3 Å². The van der Waals surface area contributed by atoms with Gasteiger partial charge in [0.05, 0.1) is 62.8 Å². The van der Waals surface area contributed by atoms with Gasteiger partial charge in [0.1, 0.15) is 56.3 Å². The number of nitrogens with two attached hydrogens (primary N) is 2. The number of carbonyl (C=O) groups excluding carboxylic acids is 5. The maximum absolute atomic E-state index is 13.9. The molecule has 0 aliphatic heterocycles. The molecule has 0 amide bonds. The van der Waals surface area contributed by atoms with Crippen molar-refractivity contribution in [1.82, 2.24) is 9.97 Å². The molecule has 0 fully saturated rings. The zero-order chi connectivity index (χ0) is 58.6. The number of carboxylic acid groups (broad SMARTS) is 1. The van der Waals surface area contributed by atoms with Gasteiger partial charge in [0.2, 0.25) is 11.6 Å². The van der Waals surface area contributed by atoms with Crippen molar-refractivity contribution in [2.75, 3.05) is 40.6 Å². The van der Waals surface area contributed by atoms with Gasteiger partial charge in [-0.3, -0.25) is 14.4 Å². The van der Waals surface area contributed by atoms with Crippen LogP contribution in [0.1, 0.15) is 85.7 Å². The quantitative estimate of drug-likeness (QED) is 0.0114. The minimum Gasteiger partial charge on any atom is -0.870 e. The Hall–Kier alpha value is -7.98. The Bertz CT molecular complexity index is 3550. The van der Waals surface area contributed by atoms with E-state index in [-0.39, 0.29) is 90.2 Å². The van der Waals surface area contributed by atoms with E-state index in [0.717, 1.165) is 65.1 Å². The Morgan fingerprint density at radius 2 is 0.915 bits per heavy atom. The van der Waals surface area contributed by atoms with E-state index in [1.54, 1.807) is 62.4 Å². The van der Waals surface area contributed by atoms with Crippen molar-refractivity contribution in [3.63, 3.8) is 0 Å². The number of hydrogen-bond donors (Lipinski definition) is 5. The van der Waals surface area contributed by atoms with Crippen molar-refractivity contribution in [3.8, 4) is 0 Å². The molecule has 0 saturated heterocycles. The minimum atomic E-state index is -1.06. The van der Waals surface area contributed by atoms with Crippen LogP contribution >= 0.6 is 50.8 Å². The summed E-state index contributed by atoms with van der Waals surface area (Å²) in [7, 11) is 0. The van der Waals surface area contributed by atoms with E-state index in [2.05, 4.69) is 58.9 Å². The van der Waals surface area contributed by atoms with Crippen LogP contribution in [0.5, 0.6) is 0 Å². The zero-order valence-corrected chi connectivity index (χ0v) is 48.8. The molecule has 0 spiro atoms. The first-order valence-electron chi connectivity index (χ1n) is 22.7. The molecule has 420 valence electrons.